The Morgan fingerprint density at radius 1 is 0.762 bits per heavy atom. The van der Waals surface area contributed by atoms with Crippen LogP contribution >= 0.6 is 0 Å². The summed E-state index contributed by atoms with van der Waals surface area (Å²) in [4.78, 5) is 68.4. The van der Waals surface area contributed by atoms with Crippen molar-refractivity contribution >= 4 is 51.4 Å². The first-order chi connectivity index (χ1) is 20.0. The van der Waals surface area contributed by atoms with E-state index in [0.717, 1.165) is 27.4 Å². The Hall–Kier alpha value is -5.17. The number of rotatable bonds is 13. The lowest BCUT2D eigenvalue weighted by Gasteiger charge is -2.24. The molecular formula is C29H33N7O6. The van der Waals surface area contributed by atoms with Crippen LogP contribution in [-0.2, 0) is 36.8 Å². The smallest absolute Gasteiger partial charge is 0.326 e. The number of hydrogen-bond acceptors (Lipinski definition) is 6. The Morgan fingerprint density at radius 2 is 1.26 bits per heavy atom. The molecule has 4 aromatic rings. The summed E-state index contributed by atoms with van der Waals surface area (Å²) in [6, 6.07) is 9.95. The summed E-state index contributed by atoms with van der Waals surface area (Å²) in [5.74, 6) is -4.21. The number of carbonyl (C=O) groups is 5. The van der Waals surface area contributed by atoms with Gasteiger partial charge in [-0.25, -0.2) is 4.79 Å². The van der Waals surface area contributed by atoms with E-state index in [1.165, 1.54) is 6.92 Å². The SMILES string of the molecule is CC(NC(=O)C(N)CC(N)=O)C(=O)NC(Cc1c[nH]c2ccccc12)C(=O)NC(Cc1c[nH]c2ccccc12)C(=O)O. The minimum Gasteiger partial charge on any atom is -0.480 e. The molecule has 4 rings (SSSR count). The number of aromatic nitrogens is 2. The van der Waals surface area contributed by atoms with Crippen molar-refractivity contribution in [3.63, 3.8) is 0 Å². The van der Waals surface area contributed by atoms with Gasteiger partial charge in [-0.3, -0.25) is 19.2 Å². The van der Waals surface area contributed by atoms with Crippen molar-refractivity contribution in [3.8, 4) is 0 Å². The molecule has 4 amide bonds. The molecule has 2 heterocycles. The molecule has 0 radical (unpaired) electrons. The average Bonchev–Trinajstić information content (AvgIpc) is 3.55. The van der Waals surface area contributed by atoms with E-state index in [4.69, 9.17) is 11.5 Å². The number of benzene rings is 2. The molecule has 2 aromatic carbocycles. The van der Waals surface area contributed by atoms with E-state index in [-0.39, 0.29) is 12.8 Å². The highest BCUT2D eigenvalue weighted by molar-refractivity contribution is 5.95. The number of carbonyl (C=O) groups excluding carboxylic acids is 4. The quantitative estimate of drug-likeness (QED) is 0.110. The first-order valence-corrected chi connectivity index (χ1v) is 13.3. The van der Waals surface area contributed by atoms with Crippen LogP contribution < -0.4 is 27.4 Å². The molecule has 4 atom stereocenters. The third-order valence-electron chi connectivity index (χ3n) is 6.96. The van der Waals surface area contributed by atoms with E-state index in [9.17, 15) is 29.1 Å². The van der Waals surface area contributed by atoms with Gasteiger partial charge in [-0.1, -0.05) is 36.4 Å². The molecular weight excluding hydrogens is 542 g/mol. The number of hydrogen-bond donors (Lipinski definition) is 8. The molecule has 0 bridgehead atoms. The summed E-state index contributed by atoms with van der Waals surface area (Å²) in [7, 11) is 0. The van der Waals surface area contributed by atoms with Gasteiger partial charge in [-0.2, -0.15) is 0 Å². The molecule has 42 heavy (non-hydrogen) atoms. The van der Waals surface area contributed by atoms with Crippen molar-refractivity contribution < 1.29 is 29.1 Å². The number of primary amides is 1. The molecule has 220 valence electrons. The molecule has 13 nitrogen and oxygen atoms in total. The van der Waals surface area contributed by atoms with Gasteiger partial charge in [0.2, 0.25) is 23.6 Å². The number of aliphatic carboxylic acids is 1. The third kappa shape index (κ3) is 7.12. The molecule has 13 heteroatoms. The maximum absolute atomic E-state index is 13.6. The number of amides is 4. The Bertz CT molecular complexity index is 1630. The van der Waals surface area contributed by atoms with Crippen molar-refractivity contribution in [2.45, 2.75) is 50.4 Å². The lowest BCUT2D eigenvalue weighted by atomic mass is 10.0. The summed E-state index contributed by atoms with van der Waals surface area (Å²) in [5, 5.41) is 19.2. The zero-order valence-corrected chi connectivity index (χ0v) is 22.8. The number of fused-ring (bicyclic) bond motifs is 2. The van der Waals surface area contributed by atoms with Crippen LogP contribution in [0.15, 0.2) is 60.9 Å². The zero-order chi connectivity index (χ0) is 30.4. The maximum Gasteiger partial charge on any atom is 0.326 e. The van der Waals surface area contributed by atoms with E-state index in [1.807, 2.05) is 48.5 Å². The van der Waals surface area contributed by atoms with Crippen LogP contribution in [0.2, 0.25) is 0 Å². The molecule has 2 aromatic heterocycles. The second-order valence-electron chi connectivity index (χ2n) is 10.1. The monoisotopic (exact) mass is 575 g/mol. The summed E-state index contributed by atoms with van der Waals surface area (Å²) in [6.45, 7) is 1.39. The van der Waals surface area contributed by atoms with Gasteiger partial charge in [0.1, 0.15) is 18.1 Å². The second-order valence-corrected chi connectivity index (χ2v) is 10.1. The van der Waals surface area contributed by atoms with Gasteiger partial charge >= 0.3 is 5.97 Å². The molecule has 0 fully saturated rings. The van der Waals surface area contributed by atoms with Crippen molar-refractivity contribution in [2.24, 2.45) is 11.5 Å². The van der Waals surface area contributed by atoms with Crippen LogP contribution in [0.3, 0.4) is 0 Å². The minimum absolute atomic E-state index is 0.00303. The van der Waals surface area contributed by atoms with Crippen LogP contribution in [-0.4, -0.2) is 68.8 Å². The Kier molecular flexibility index (Phi) is 9.22. The second kappa shape index (κ2) is 13.0. The van der Waals surface area contributed by atoms with Gasteiger partial charge in [0, 0.05) is 47.0 Å². The summed E-state index contributed by atoms with van der Waals surface area (Å²) in [6.07, 6.45) is 3.04. The Balaban J connectivity index is 1.53. The molecule has 0 aliphatic rings. The Morgan fingerprint density at radius 3 is 1.79 bits per heavy atom. The Labute approximate surface area is 240 Å². The molecule has 0 aliphatic carbocycles. The van der Waals surface area contributed by atoms with Gasteiger partial charge in [-0.05, 0) is 30.2 Å². The molecule has 0 aliphatic heterocycles. The molecule has 10 N–H and O–H groups in total. The summed E-state index contributed by atoms with van der Waals surface area (Å²) in [5.41, 5.74) is 13.8. The number of nitrogens with two attached hydrogens (primary N) is 2. The fourth-order valence-electron chi connectivity index (χ4n) is 4.71. The average molecular weight is 576 g/mol. The fourth-order valence-corrected chi connectivity index (χ4v) is 4.71. The number of para-hydroxylation sites is 2. The molecule has 0 saturated carbocycles. The first-order valence-electron chi connectivity index (χ1n) is 13.3. The third-order valence-corrected chi connectivity index (χ3v) is 6.96. The van der Waals surface area contributed by atoms with Crippen LogP contribution in [0, 0.1) is 0 Å². The van der Waals surface area contributed by atoms with E-state index in [2.05, 4.69) is 25.9 Å². The van der Waals surface area contributed by atoms with E-state index in [0.29, 0.717) is 5.56 Å². The van der Waals surface area contributed by atoms with Gasteiger partial charge in [0.25, 0.3) is 0 Å². The van der Waals surface area contributed by atoms with Gasteiger partial charge < -0.3 is 42.5 Å². The number of carboxylic acids is 1. The topological polar surface area (TPSA) is 225 Å². The minimum atomic E-state index is -1.29. The fraction of sp³-hybridized carbons (Fsp3) is 0.276. The number of aromatic amines is 2. The predicted octanol–water partition coefficient (Wildman–Crippen LogP) is 0.196. The predicted molar refractivity (Wildman–Crippen MR) is 155 cm³/mol. The van der Waals surface area contributed by atoms with E-state index in [1.54, 1.807) is 12.4 Å². The maximum atomic E-state index is 13.6. The highest BCUT2D eigenvalue weighted by atomic mass is 16.4. The van der Waals surface area contributed by atoms with E-state index < -0.39 is 60.2 Å². The van der Waals surface area contributed by atoms with Crippen molar-refractivity contribution in [1.29, 1.82) is 0 Å². The van der Waals surface area contributed by atoms with Crippen LogP contribution in [0.1, 0.15) is 24.5 Å². The standard InChI is InChI=1S/C29H33N7O6/c1-15(34-27(39)20(30)12-25(31)37)26(38)35-23(10-16-13-32-21-8-4-2-6-18(16)21)28(40)36-24(29(41)42)11-17-14-33-22-9-5-3-7-19(17)22/h2-9,13-15,20,23-24,32-33H,10-12,30H2,1H3,(H2,31,37)(H,34,39)(H,35,38)(H,36,40)(H,41,42). The van der Waals surface area contributed by atoms with Gasteiger partial charge in [0.05, 0.1) is 12.5 Å². The number of H-pyrrole nitrogens is 2. The van der Waals surface area contributed by atoms with Crippen LogP contribution in [0.5, 0.6) is 0 Å². The summed E-state index contributed by atoms with van der Waals surface area (Å²) < 4.78 is 0. The van der Waals surface area contributed by atoms with Crippen LogP contribution in [0.25, 0.3) is 21.8 Å². The van der Waals surface area contributed by atoms with Gasteiger partial charge in [-0.15, -0.1) is 0 Å². The highest BCUT2D eigenvalue weighted by Crippen LogP contribution is 2.21. The largest absolute Gasteiger partial charge is 0.480 e. The van der Waals surface area contributed by atoms with Crippen molar-refractivity contribution in [1.82, 2.24) is 25.9 Å². The van der Waals surface area contributed by atoms with Crippen molar-refractivity contribution in [2.75, 3.05) is 0 Å². The molecule has 4 unspecified atom stereocenters. The zero-order valence-electron chi connectivity index (χ0n) is 22.8. The molecule has 0 saturated heterocycles. The van der Waals surface area contributed by atoms with Crippen molar-refractivity contribution in [3.05, 3.63) is 72.1 Å². The normalized spacial score (nSPS) is 14.0. The molecule has 0 spiro atoms. The van der Waals surface area contributed by atoms with Gasteiger partial charge in [0.15, 0.2) is 0 Å². The van der Waals surface area contributed by atoms with Crippen LogP contribution in [0.4, 0.5) is 0 Å². The lowest BCUT2D eigenvalue weighted by Crippen LogP contribution is -2.57. The first kappa shape index (κ1) is 29.8. The number of carboxylic acid groups (broad SMARTS) is 1. The van der Waals surface area contributed by atoms with E-state index >= 15 is 0 Å². The lowest BCUT2D eigenvalue weighted by molar-refractivity contribution is -0.142. The summed E-state index contributed by atoms with van der Waals surface area (Å²) >= 11 is 0. The number of nitrogens with one attached hydrogen (secondary N) is 5. The highest BCUT2D eigenvalue weighted by Gasteiger charge is 2.30.